The highest BCUT2D eigenvalue weighted by Gasteiger charge is 2.25. The Morgan fingerprint density at radius 2 is 1.86 bits per heavy atom. The zero-order valence-corrected chi connectivity index (χ0v) is 18.5. The van der Waals surface area contributed by atoms with E-state index in [-0.39, 0.29) is 26.9 Å². The summed E-state index contributed by atoms with van der Waals surface area (Å²) < 4.78 is 23.4. The second kappa shape index (κ2) is 9.15. The Hall–Kier alpha value is -2.09. The lowest BCUT2D eigenvalue weighted by Gasteiger charge is -2.18. The number of carbonyl (C=O) groups is 2. The molecule has 1 atom stereocenters. The minimum Gasteiger partial charge on any atom is -0.480 e. The normalized spacial score (nSPS) is 12.4. The van der Waals surface area contributed by atoms with Gasteiger partial charge in [-0.3, -0.25) is 4.79 Å². The standard InChI is InChI=1S/C20H21Cl2NO5S/c1-4-14-11(2)8-15(21)17(18(14)22)19(24)23-16(20(25)26)10-12-6-5-7-13(9-12)29(3,27)28/h5-9,16H,4,10H2,1-3H3,(H,23,24)(H,25,26)/t16-/m0/s1. The number of halogens is 2. The maximum Gasteiger partial charge on any atom is 0.326 e. The zero-order chi connectivity index (χ0) is 21.9. The third-order valence-corrected chi connectivity index (χ3v) is 6.32. The van der Waals surface area contributed by atoms with E-state index in [0.717, 1.165) is 17.4 Å². The summed E-state index contributed by atoms with van der Waals surface area (Å²) in [5, 5.41) is 12.3. The number of nitrogens with one attached hydrogen (secondary N) is 1. The highest BCUT2D eigenvalue weighted by Crippen LogP contribution is 2.31. The molecule has 0 bridgehead atoms. The molecule has 0 radical (unpaired) electrons. The highest BCUT2D eigenvalue weighted by atomic mass is 35.5. The number of benzene rings is 2. The van der Waals surface area contributed by atoms with Gasteiger partial charge in [-0.15, -0.1) is 0 Å². The molecule has 1 amide bonds. The van der Waals surface area contributed by atoms with E-state index in [0.29, 0.717) is 12.0 Å². The van der Waals surface area contributed by atoms with Gasteiger partial charge in [-0.1, -0.05) is 42.3 Å². The van der Waals surface area contributed by atoms with Gasteiger partial charge in [0.25, 0.3) is 5.91 Å². The summed E-state index contributed by atoms with van der Waals surface area (Å²) in [6.07, 6.45) is 1.55. The summed E-state index contributed by atoms with van der Waals surface area (Å²) in [5.41, 5.74) is 2.07. The van der Waals surface area contributed by atoms with Gasteiger partial charge in [-0.2, -0.15) is 0 Å². The maximum atomic E-state index is 12.8. The number of carboxylic acids is 1. The van der Waals surface area contributed by atoms with Crippen LogP contribution in [-0.2, 0) is 27.5 Å². The molecule has 2 rings (SSSR count). The Morgan fingerprint density at radius 3 is 2.41 bits per heavy atom. The van der Waals surface area contributed by atoms with Crippen molar-refractivity contribution in [3.8, 4) is 0 Å². The average molecular weight is 458 g/mol. The number of aryl methyl sites for hydroxylation is 1. The third-order valence-electron chi connectivity index (χ3n) is 4.49. The van der Waals surface area contributed by atoms with E-state index < -0.39 is 27.8 Å². The van der Waals surface area contributed by atoms with E-state index >= 15 is 0 Å². The molecule has 29 heavy (non-hydrogen) atoms. The molecule has 2 aromatic rings. The second-order valence-corrected chi connectivity index (χ2v) is 9.49. The lowest BCUT2D eigenvalue weighted by molar-refractivity contribution is -0.139. The van der Waals surface area contributed by atoms with Crippen molar-refractivity contribution in [2.75, 3.05) is 6.26 Å². The van der Waals surface area contributed by atoms with Gasteiger partial charge in [-0.25, -0.2) is 13.2 Å². The fourth-order valence-electron chi connectivity index (χ4n) is 2.99. The number of amides is 1. The first kappa shape index (κ1) is 23.2. The number of carbonyl (C=O) groups excluding carboxylic acids is 1. The minimum atomic E-state index is -3.44. The van der Waals surface area contributed by atoms with Gasteiger partial charge in [-0.05, 0) is 48.2 Å². The molecule has 0 fully saturated rings. The van der Waals surface area contributed by atoms with Crippen molar-refractivity contribution in [1.82, 2.24) is 5.32 Å². The molecule has 0 spiro atoms. The number of sulfone groups is 1. The molecule has 0 heterocycles. The van der Waals surface area contributed by atoms with E-state index in [2.05, 4.69) is 5.32 Å². The number of aliphatic carboxylic acids is 1. The molecule has 0 unspecified atom stereocenters. The molecule has 0 aliphatic heterocycles. The topological polar surface area (TPSA) is 101 Å². The largest absolute Gasteiger partial charge is 0.480 e. The van der Waals surface area contributed by atoms with Gasteiger partial charge in [0, 0.05) is 12.7 Å². The summed E-state index contributed by atoms with van der Waals surface area (Å²) in [5.74, 6) is -1.97. The fraction of sp³-hybridized carbons (Fsp3) is 0.300. The van der Waals surface area contributed by atoms with Crippen LogP contribution < -0.4 is 5.32 Å². The molecule has 9 heteroatoms. The number of hydrogen-bond donors (Lipinski definition) is 2. The first-order valence-corrected chi connectivity index (χ1v) is 11.4. The molecule has 0 saturated carbocycles. The fourth-order valence-corrected chi connectivity index (χ4v) is 4.54. The zero-order valence-electron chi connectivity index (χ0n) is 16.1. The van der Waals surface area contributed by atoms with E-state index in [1.807, 2.05) is 13.8 Å². The molecule has 2 N–H and O–H groups in total. The Bertz CT molecular complexity index is 1070. The van der Waals surface area contributed by atoms with Crippen LogP contribution in [0.15, 0.2) is 35.2 Å². The SMILES string of the molecule is CCc1c(C)cc(Cl)c(C(=O)N[C@@H](Cc2cccc(S(C)(=O)=O)c2)C(=O)O)c1Cl. The van der Waals surface area contributed by atoms with Crippen LogP contribution in [-0.4, -0.2) is 37.7 Å². The van der Waals surface area contributed by atoms with E-state index in [1.165, 1.54) is 18.2 Å². The summed E-state index contributed by atoms with van der Waals surface area (Å²) >= 11 is 12.5. The van der Waals surface area contributed by atoms with Crippen molar-refractivity contribution in [2.24, 2.45) is 0 Å². The van der Waals surface area contributed by atoms with Crippen molar-refractivity contribution in [3.63, 3.8) is 0 Å². The molecule has 0 aromatic heterocycles. The highest BCUT2D eigenvalue weighted by molar-refractivity contribution is 7.90. The molecule has 6 nitrogen and oxygen atoms in total. The molecule has 2 aromatic carbocycles. The minimum absolute atomic E-state index is 0.0203. The molecular formula is C20H21Cl2NO5S. The van der Waals surface area contributed by atoms with Crippen molar-refractivity contribution in [2.45, 2.75) is 37.6 Å². The van der Waals surface area contributed by atoms with E-state index in [4.69, 9.17) is 23.2 Å². The van der Waals surface area contributed by atoms with Crippen molar-refractivity contribution >= 4 is 44.9 Å². The summed E-state index contributed by atoms with van der Waals surface area (Å²) in [7, 11) is -3.44. The molecule has 0 saturated heterocycles. The van der Waals surface area contributed by atoms with Crippen LogP contribution in [0.25, 0.3) is 0 Å². The predicted octanol–water partition coefficient (Wildman–Crippen LogP) is 3.69. The molecule has 0 aliphatic rings. The summed E-state index contributed by atoms with van der Waals surface area (Å²) in [4.78, 5) is 24.5. The second-order valence-electron chi connectivity index (χ2n) is 6.68. The Morgan fingerprint density at radius 1 is 1.21 bits per heavy atom. The van der Waals surface area contributed by atoms with Gasteiger partial charge < -0.3 is 10.4 Å². The van der Waals surface area contributed by atoms with Gasteiger partial charge in [0.15, 0.2) is 9.84 Å². The number of hydrogen-bond acceptors (Lipinski definition) is 4. The van der Waals surface area contributed by atoms with Crippen LogP contribution in [0.2, 0.25) is 10.0 Å². The van der Waals surface area contributed by atoms with Crippen LogP contribution in [0.4, 0.5) is 0 Å². The lowest BCUT2D eigenvalue weighted by Crippen LogP contribution is -2.42. The first-order chi connectivity index (χ1) is 13.5. The van der Waals surface area contributed by atoms with Gasteiger partial charge in [0.1, 0.15) is 6.04 Å². The average Bonchev–Trinajstić information content (AvgIpc) is 2.60. The molecule has 156 valence electrons. The predicted molar refractivity (Wildman–Crippen MR) is 113 cm³/mol. The first-order valence-electron chi connectivity index (χ1n) is 8.75. The molecular weight excluding hydrogens is 437 g/mol. The van der Waals surface area contributed by atoms with Gasteiger partial charge in [0.05, 0.1) is 20.5 Å². The van der Waals surface area contributed by atoms with Crippen LogP contribution in [0.3, 0.4) is 0 Å². The smallest absolute Gasteiger partial charge is 0.326 e. The monoisotopic (exact) mass is 457 g/mol. The van der Waals surface area contributed by atoms with Crippen molar-refractivity contribution < 1.29 is 23.1 Å². The molecule has 0 aliphatic carbocycles. The van der Waals surface area contributed by atoms with Crippen LogP contribution >= 0.6 is 23.2 Å². The number of rotatable bonds is 7. The van der Waals surface area contributed by atoms with E-state index in [1.54, 1.807) is 12.1 Å². The van der Waals surface area contributed by atoms with E-state index in [9.17, 15) is 23.1 Å². The summed E-state index contributed by atoms with van der Waals surface area (Å²) in [6, 6.07) is 6.25. The lowest BCUT2D eigenvalue weighted by atomic mass is 10.0. The van der Waals surface area contributed by atoms with Gasteiger partial charge >= 0.3 is 5.97 Å². The number of carboxylic acid groups (broad SMARTS) is 1. The van der Waals surface area contributed by atoms with Crippen LogP contribution in [0.1, 0.15) is 34.0 Å². The van der Waals surface area contributed by atoms with Crippen molar-refractivity contribution in [1.29, 1.82) is 0 Å². The Balaban J connectivity index is 2.33. The summed E-state index contributed by atoms with van der Waals surface area (Å²) in [6.45, 7) is 3.71. The quantitative estimate of drug-likeness (QED) is 0.659. The Labute approximate surface area is 179 Å². The van der Waals surface area contributed by atoms with Crippen molar-refractivity contribution in [3.05, 3.63) is 62.6 Å². The van der Waals surface area contributed by atoms with Crippen LogP contribution in [0, 0.1) is 6.92 Å². The Kier molecular flexibility index (Phi) is 7.32. The van der Waals surface area contributed by atoms with Crippen LogP contribution in [0.5, 0.6) is 0 Å². The maximum absolute atomic E-state index is 12.8. The van der Waals surface area contributed by atoms with Gasteiger partial charge in [0.2, 0.25) is 0 Å². The third kappa shape index (κ3) is 5.50.